The van der Waals surface area contributed by atoms with Gasteiger partial charge in [0, 0.05) is 31.2 Å². The SMILES string of the molecule is CCCN(CC(=O)NCc1ccccc1OC)C1CNC1. The molecule has 1 saturated heterocycles. The van der Waals surface area contributed by atoms with Gasteiger partial charge in [0.15, 0.2) is 0 Å². The number of methoxy groups -OCH3 is 1. The van der Waals surface area contributed by atoms with E-state index in [1.807, 2.05) is 24.3 Å². The molecule has 21 heavy (non-hydrogen) atoms. The molecule has 116 valence electrons. The van der Waals surface area contributed by atoms with E-state index in [9.17, 15) is 4.79 Å². The van der Waals surface area contributed by atoms with Crippen LogP contribution in [0.25, 0.3) is 0 Å². The van der Waals surface area contributed by atoms with E-state index in [0.29, 0.717) is 19.1 Å². The summed E-state index contributed by atoms with van der Waals surface area (Å²) in [5.74, 6) is 0.882. The van der Waals surface area contributed by atoms with Gasteiger partial charge in [0.25, 0.3) is 0 Å². The molecule has 0 aliphatic carbocycles. The van der Waals surface area contributed by atoms with Crippen LogP contribution in [0, 0.1) is 0 Å². The normalized spacial score (nSPS) is 14.8. The van der Waals surface area contributed by atoms with Crippen molar-refractivity contribution in [3.8, 4) is 5.75 Å². The van der Waals surface area contributed by atoms with Crippen LogP contribution in [-0.4, -0.2) is 50.1 Å². The molecule has 0 atom stereocenters. The third kappa shape index (κ3) is 4.44. The van der Waals surface area contributed by atoms with Crippen LogP contribution in [-0.2, 0) is 11.3 Å². The minimum atomic E-state index is 0.0706. The molecule has 1 aromatic rings. The predicted octanol–water partition coefficient (Wildman–Crippen LogP) is 0.995. The van der Waals surface area contributed by atoms with Crippen LogP contribution in [0.4, 0.5) is 0 Å². The Balaban J connectivity index is 1.83. The van der Waals surface area contributed by atoms with Crippen molar-refractivity contribution < 1.29 is 9.53 Å². The Kier molecular flexibility index (Phi) is 6.02. The third-order valence-electron chi connectivity index (χ3n) is 3.80. The van der Waals surface area contributed by atoms with Gasteiger partial charge in [-0.25, -0.2) is 0 Å². The van der Waals surface area contributed by atoms with Gasteiger partial charge in [-0.15, -0.1) is 0 Å². The van der Waals surface area contributed by atoms with Gasteiger partial charge in [0.1, 0.15) is 5.75 Å². The number of benzene rings is 1. The summed E-state index contributed by atoms with van der Waals surface area (Å²) in [5.41, 5.74) is 1.00. The summed E-state index contributed by atoms with van der Waals surface area (Å²) < 4.78 is 5.29. The molecule has 0 spiro atoms. The van der Waals surface area contributed by atoms with Crippen LogP contribution in [0.3, 0.4) is 0 Å². The van der Waals surface area contributed by atoms with Gasteiger partial charge in [0.05, 0.1) is 13.7 Å². The molecule has 1 aromatic carbocycles. The number of carbonyl (C=O) groups is 1. The van der Waals surface area contributed by atoms with E-state index in [1.165, 1.54) is 0 Å². The molecule has 5 heteroatoms. The van der Waals surface area contributed by atoms with Crippen molar-refractivity contribution in [1.82, 2.24) is 15.5 Å². The lowest BCUT2D eigenvalue weighted by atomic mass is 10.1. The molecule has 2 N–H and O–H groups in total. The number of nitrogens with zero attached hydrogens (tertiary/aromatic N) is 1. The van der Waals surface area contributed by atoms with E-state index >= 15 is 0 Å². The van der Waals surface area contributed by atoms with Crippen molar-refractivity contribution in [1.29, 1.82) is 0 Å². The highest BCUT2D eigenvalue weighted by Gasteiger charge is 2.25. The van der Waals surface area contributed by atoms with Crippen molar-refractivity contribution in [3.05, 3.63) is 29.8 Å². The fourth-order valence-electron chi connectivity index (χ4n) is 2.49. The Morgan fingerprint density at radius 1 is 1.43 bits per heavy atom. The van der Waals surface area contributed by atoms with Crippen molar-refractivity contribution in [2.24, 2.45) is 0 Å². The molecule has 1 aliphatic heterocycles. The van der Waals surface area contributed by atoms with Crippen LogP contribution in [0.1, 0.15) is 18.9 Å². The zero-order chi connectivity index (χ0) is 15.1. The van der Waals surface area contributed by atoms with Gasteiger partial charge in [-0.05, 0) is 19.0 Å². The lowest BCUT2D eigenvalue weighted by Crippen LogP contribution is -2.59. The topological polar surface area (TPSA) is 53.6 Å². The molecular formula is C16H25N3O2. The van der Waals surface area contributed by atoms with E-state index in [0.717, 1.165) is 37.4 Å². The molecule has 5 nitrogen and oxygen atoms in total. The van der Waals surface area contributed by atoms with E-state index in [1.54, 1.807) is 7.11 Å². The molecule has 1 heterocycles. The molecule has 1 amide bonds. The van der Waals surface area contributed by atoms with Crippen LogP contribution in [0.15, 0.2) is 24.3 Å². The summed E-state index contributed by atoms with van der Waals surface area (Å²) in [4.78, 5) is 14.4. The van der Waals surface area contributed by atoms with Crippen molar-refractivity contribution in [3.63, 3.8) is 0 Å². The fourth-order valence-corrected chi connectivity index (χ4v) is 2.49. The first-order valence-electron chi connectivity index (χ1n) is 7.58. The van der Waals surface area contributed by atoms with Crippen molar-refractivity contribution in [2.75, 3.05) is 33.3 Å². The standard InChI is InChI=1S/C16H25N3O2/c1-3-8-19(14-10-17-11-14)12-16(20)18-9-13-6-4-5-7-15(13)21-2/h4-7,14,17H,3,8-12H2,1-2H3,(H,18,20). The van der Waals surface area contributed by atoms with Crippen LogP contribution >= 0.6 is 0 Å². The number of nitrogens with one attached hydrogen (secondary N) is 2. The number of amides is 1. The lowest BCUT2D eigenvalue weighted by molar-refractivity contribution is -0.123. The number of hydrogen-bond donors (Lipinski definition) is 2. The Morgan fingerprint density at radius 2 is 2.19 bits per heavy atom. The number of para-hydroxylation sites is 1. The molecular weight excluding hydrogens is 266 g/mol. The molecule has 1 aliphatic rings. The Bertz CT molecular complexity index is 461. The molecule has 0 bridgehead atoms. The minimum Gasteiger partial charge on any atom is -0.496 e. The highest BCUT2D eigenvalue weighted by molar-refractivity contribution is 5.78. The minimum absolute atomic E-state index is 0.0706. The van der Waals surface area contributed by atoms with Crippen LogP contribution in [0.5, 0.6) is 5.75 Å². The van der Waals surface area contributed by atoms with E-state index in [2.05, 4.69) is 22.5 Å². The maximum Gasteiger partial charge on any atom is 0.234 e. The average Bonchev–Trinajstić information content (AvgIpc) is 2.44. The first kappa shape index (κ1) is 15.8. The van der Waals surface area contributed by atoms with E-state index in [4.69, 9.17) is 4.74 Å². The second kappa shape index (κ2) is 8.00. The van der Waals surface area contributed by atoms with Gasteiger partial charge in [-0.2, -0.15) is 0 Å². The van der Waals surface area contributed by atoms with Crippen LogP contribution in [0.2, 0.25) is 0 Å². The second-order valence-corrected chi connectivity index (χ2v) is 5.37. The van der Waals surface area contributed by atoms with Gasteiger partial charge in [-0.3, -0.25) is 9.69 Å². The third-order valence-corrected chi connectivity index (χ3v) is 3.80. The smallest absolute Gasteiger partial charge is 0.234 e. The molecule has 0 unspecified atom stereocenters. The summed E-state index contributed by atoms with van der Waals surface area (Å²) in [6.07, 6.45) is 1.07. The molecule has 0 saturated carbocycles. The second-order valence-electron chi connectivity index (χ2n) is 5.37. The Morgan fingerprint density at radius 3 is 2.81 bits per heavy atom. The maximum atomic E-state index is 12.1. The molecule has 2 rings (SSSR count). The Labute approximate surface area is 126 Å². The van der Waals surface area contributed by atoms with Crippen molar-refractivity contribution >= 4 is 5.91 Å². The van der Waals surface area contributed by atoms with Gasteiger partial charge in [-0.1, -0.05) is 25.1 Å². The molecule has 1 fully saturated rings. The first-order valence-corrected chi connectivity index (χ1v) is 7.58. The van der Waals surface area contributed by atoms with Gasteiger partial charge >= 0.3 is 0 Å². The maximum absolute atomic E-state index is 12.1. The monoisotopic (exact) mass is 291 g/mol. The molecule has 0 radical (unpaired) electrons. The quantitative estimate of drug-likeness (QED) is 0.750. The average molecular weight is 291 g/mol. The number of ether oxygens (including phenoxy) is 1. The number of hydrogen-bond acceptors (Lipinski definition) is 4. The van der Waals surface area contributed by atoms with E-state index in [-0.39, 0.29) is 5.91 Å². The van der Waals surface area contributed by atoms with Crippen LogP contribution < -0.4 is 15.4 Å². The zero-order valence-electron chi connectivity index (χ0n) is 12.9. The van der Waals surface area contributed by atoms with E-state index < -0.39 is 0 Å². The summed E-state index contributed by atoms with van der Waals surface area (Å²) >= 11 is 0. The summed E-state index contributed by atoms with van der Waals surface area (Å²) in [5, 5.41) is 6.24. The first-order chi connectivity index (χ1) is 10.2. The van der Waals surface area contributed by atoms with Gasteiger partial charge in [0.2, 0.25) is 5.91 Å². The van der Waals surface area contributed by atoms with Crippen molar-refractivity contribution in [2.45, 2.75) is 25.9 Å². The highest BCUT2D eigenvalue weighted by Crippen LogP contribution is 2.16. The highest BCUT2D eigenvalue weighted by atomic mass is 16.5. The predicted molar refractivity (Wildman–Crippen MR) is 83.4 cm³/mol. The molecule has 0 aromatic heterocycles. The summed E-state index contributed by atoms with van der Waals surface area (Å²) in [6, 6.07) is 8.26. The van der Waals surface area contributed by atoms with Gasteiger partial charge < -0.3 is 15.4 Å². The zero-order valence-corrected chi connectivity index (χ0v) is 12.9. The lowest BCUT2D eigenvalue weighted by Gasteiger charge is -2.37. The fraction of sp³-hybridized carbons (Fsp3) is 0.562. The largest absolute Gasteiger partial charge is 0.496 e. The Hall–Kier alpha value is -1.59. The number of rotatable bonds is 8. The summed E-state index contributed by atoms with van der Waals surface area (Å²) in [6.45, 7) is 6.06. The summed E-state index contributed by atoms with van der Waals surface area (Å²) in [7, 11) is 1.65. The number of carbonyl (C=O) groups excluding carboxylic acids is 1.